The Morgan fingerprint density at radius 3 is 3.04 bits per heavy atom. The first-order chi connectivity index (χ1) is 12.2. The summed E-state index contributed by atoms with van der Waals surface area (Å²) in [6.45, 7) is 2.71. The highest BCUT2D eigenvalue weighted by Gasteiger charge is 2.43. The fourth-order valence-corrected chi connectivity index (χ4v) is 5.26. The maximum Gasteiger partial charge on any atom is 0.274 e. The van der Waals surface area contributed by atoms with Gasteiger partial charge < -0.3 is 4.90 Å². The molecular formula is C19H24N4OS. The van der Waals surface area contributed by atoms with Gasteiger partial charge in [-0.3, -0.25) is 14.7 Å². The van der Waals surface area contributed by atoms with Crippen LogP contribution in [0.3, 0.4) is 0 Å². The number of carbonyl (C=O) groups is 1. The molecule has 2 aliphatic rings. The van der Waals surface area contributed by atoms with Crippen molar-refractivity contribution < 1.29 is 4.79 Å². The minimum absolute atomic E-state index is 0.0298. The van der Waals surface area contributed by atoms with Gasteiger partial charge in [-0.1, -0.05) is 12.5 Å². The average Bonchev–Trinajstić information content (AvgIpc) is 3.30. The van der Waals surface area contributed by atoms with E-state index in [-0.39, 0.29) is 5.91 Å². The van der Waals surface area contributed by atoms with Crippen LogP contribution in [0.1, 0.15) is 34.6 Å². The molecular weight excluding hydrogens is 332 g/mol. The Morgan fingerprint density at radius 1 is 1.36 bits per heavy atom. The van der Waals surface area contributed by atoms with Crippen LogP contribution in [0.25, 0.3) is 0 Å². The summed E-state index contributed by atoms with van der Waals surface area (Å²) in [5.41, 5.74) is 0.463. The topological polar surface area (TPSA) is 49.3 Å². The zero-order chi connectivity index (χ0) is 17.2. The highest BCUT2D eigenvalue weighted by Crippen LogP contribution is 2.39. The lowest BCUT2D eigenvalue weighted by molar-refractivity contribution is 0.0764. The molecule has 3 atom stereocenters. The molecule has 25 heavy (non-hydrogen) atoms. The lowest BCUT2D eigenvalue weighted by atomic mass is 9.77. The second-order valence-corrected chi connectivity index (χ2v) is 8.25. The first-order valence-corrected chi connectivity index (χ1v) is 9.88. The van der Waals surface area contributed by atoms with Gasteiger partial charge >= 0.3 is 0 Å². The van der Waals surface area contributed by atoms with Crippen molar-refractivity contribution in [3.63, 3.8) is 0 Å². The molecule has 1 saturated heterocycles. The fourth-order valence-electron chi connectivity index (χ4n) is 4.49. The van der Waals surface area contributed by atoms with E-state index >= 15 is 0 Å². The SMILES string of the molecule is CN(Cc1cccs1)[C@@H]1CCC[C@@H]2CN(C(=O)c3cnccn3)C[C@@H]21. The van der Waals surface area contributed by atoms with Gasteiger partial charge in [0.1, 0.15) is 5.69 Å². The summed E-state index contributed by atoms with van der Waals surface area (Å²) in [6.07, 6.45) is 8.50. The van der Waals surface area contributed by atoms with Crippen molar-refractivity contribution in [2.75, 3.05) is 20.1 Å². The highest BCUT2D eigenvalue weighted by atomic mass is 32.1. The molecule has 0 N–H and O–H groups in total. The number of carbonyl (C=O) groups excluding carboxylic acids is 1. The third-order valence-corrected chi connectivity index (χ3v) is 6.54. The summed E-state index contributed by atoms with van der Waals surface area (Å²) in [5, 5.41) is 2.14. The van der Waals surface area contributed by atoms with E-state index in [4.69, 9.17) is 0 Å². The number of likely N-dealkylation sites (tertiary alicyclic amines) is 1. The highest BCUT2D eigenvalue weighted by molar-refractivity contribution is 7.09. The quantitative estimate of drug-likeness (QED) is 0.845. The largest absolute Gasteiger partial charge is 0.337 e. The first-order valence-electron chi connectivity index (χ1n) is 9.00. The summed E-state index contributed by atoms with van der Waals surface area (Å²) in [6, 6.07) is 4.88. The predicted octanol–water partition coefficient (Wildman–Crippen LogP) is 2.91. The van der Waals surface area contributed by atoms with Crippen molar-refractivity contribution in [2.24, 2.45) is 11.8 Å². The molecule has 0 radical (unpaired) electrons. The van der Waals surface area contributed by atoms with Gasteiger partial charge in [-0.25, -0.2) is 4.98 Å². The lowest BCUT2D eigenvalue weighted by Crippen LogP contribution is -2.43. The lowest BCUT2D eigenvalue weighted by Gasteiger charge is -2.38. The van der Waals surface area contributed by atoms with Gasteiger partial charge in [-0.15, -0.1) is 11.3 Å². The van der Waals surface area contributed by atoms with Gasteiger partial charge in [-0.2, -0.15) is 0 Å². The van der Waals surface area contributed by atoms with Crippen LogP contribution in [0.5, 0.6) is 0 Å². The maximum atomic E-state index is 12.7. The minimum Gasteiger partial charge on any atom is -0.337 e. The number of fused-ring (bicyclic) bond motifs is 1. The third kappa shape index (κ3) is 3.46. The Kier molecular flexibility index (Phi) is 4.81. The average molecular weight is 356 g/mol. The van der Waals surface area contributed by atoms with Crippen LogP contribution in [-0.4, -0.2) is 51.9 Å². The smallest absolute Gasteiger partial charge is 0.274 e. The van der Waals surface area contributed by atoms with E-state index in [0.29, 0.717) is 23.6 Å². The van der Waals surface area contributed by atoms with Crippen molar-refractivity contribution >= 4 is 17.2 Å². The maximum absolute atomic E-state index is 12.7. The molecule has 1 aliphatic heterocycles. The molecule has 1 aliphatic carbocycles. The van der Waals surface area contributed by atoms with Gasteiger partial charge in [0.05, 0.1) is 6.20 Å². The number of hydrogen-bond acceptors (Lipinski definition) is 5. The molecule has 2 aromatic rings. The molecule has 6 heteroatoms. The molecule has 2 aromatic heterocycles. The predicted molar refractivity (Wildman–Crippen MR) is 98.3 cm³/mol. The van der Waals surface area contributed by atoms with E-state index < -0.39 is 0 Å². The van der Waals surface area contributed by atoms with Crippen LogP contribution in [0.2, 0.25) is 0 Å². The molecule has 0 unspecified atom stereocenters. The molecule has 132 valence electrons. The van der Waals surface area contributed by atoms with E-state index in [2.05, 4.69) is 39.4 Å². The van der Waals surface area contributed by atoms with Gasteiger partial charge in [0.2, 0.25) is 0 Å². The number of thiophene rings is 1. The van der Waals surface area contributed by atoms with Crippen LogP contribution in [0.15, 0.2) is 36.1 Å². The van der Waals surface area contributed by atoms with E-state index in [1.54, 1.807) is 18.6 Å². The summed E-state index contributed by atoms with van der Waals surface area (Å²) in [5.74, 6) is 1.21. The fraction of sp³-hybridized carbons (Fsp3) is 0.526. The van der Waals surface area contributed by atoms with Crippen molar-refractivity contribution in [2.45, 2.75) is 31.8 Å². The summed E-state index contributed by atoms with van der Waals surface area (Å²) >= 11 is 1.82. The monoisotopic (exact) mass is 356 g/mol. The van der Waals surface area contributed by atoms with E-state index in [1.807, 2.05) is 16.2 Å². The van der Waals surface area contributed by atoms with Crippen LogP contribution < -0.4 is 0 Å². The first kappa shape index (κ1) is 16.7. The zero-order valence-electron chi connectivity index (χ0n) is 14.5. The van der Waals surface area contributed by atoms with E-state index in [0.717, 1.165) is 19.6 Å². The van der Waals surface area contributed by atoms with Crippen LogP contribution >= 0.6 is 11.3 Å². The number of amides is 1. The summed E-state index contributed by atoms with van der Waals surface area (Å²) in [7, 11) is 2.24. The number of nitrogens with zero attached hydrogens (tertiary/aromatic N) is 4. The minimum atomic E-state index is 0.0298. The molecule has 0 aromatic carbocycles. The van der Waals surface area contributed by atoms with Gasteiger partial charge in [-0.05, 0) is 43.2 Å². The number of rotatable bonds is 4. The second kappa shape index (κ2) is 7.22. The van der Waals surface area contributed by atoms with Gasteiger partial charge in [0.25, 0.3) is 5.91 Å². The van der Waals surface area contributed by atoms with Crippen LogP contribution in [-0.2, 0) is 6.54 Å². The Bertz CT molecular complexity index is 705. The van der Waals surface area contributed by atoms with Gasteiger partial charge in [0, 0.05) is 42.9 Å². The Labute approximate surface area is 152 Å². The molecule has 2 fully saturated rings. The molecule has 1 saturated carbocycles. The second-order valence-electron chi connectivity index (χ2n) is 7.22. The normalized spacial score (nSPS) is 26.0. The van der Waals surface area contributed by atoms with E-state index in [1.165, 1.54) is 24.1 Å². The standard InChI is InChI=1S/C19H24N4OS/c1-22(12-15-5-3-9-25-15)18-6-2-4-14-11-23(13-16(14)18)19(24)17-10-20-7-8-21-17/h3,5,7-10,14,16,18H,2,4,6,11-13H2,1H3/t14-,16+,18-/m1/s1. The van der Waals surface area contributed by atoms with Crippen molar-refractivity contribution in [1.82, 2.24) is 19.8 Å². The summed E-state index contributed by atoms with van der Waals surface area (Å²) < 4.78 is 0. The van der Waals surface area contributed by atoms with Crippen molar-refractivity contribution in [3.05, 3.63) is 46.7 Å². The Morgan fingerprint density at radius 2 is 2.28 bits per heavy atom. The van der Waals surface area contributed by atoms with Crippen LogP contribution in [0, 0.1) is 11.8 Å². The molecule has 3 heterocycles. The van der Waals surface area contributed by atoms with Crippen molar-refractivity contribution in [3.8, 4) is 0 Å². The summed E-state index contributed by atoms with van der Waals surface area (Å²) in [4.78, 5) is 26.9. The van der Waals surface area contributed by atoms with E-state index in [9.17, 15) is 4.79 Å². The molecule has 5 nitrogen and oxygen atoms in total. The molecule has 4 rings (SSSR count). The molecule has 0 bridgehead atoms. The molecule has 0 spiro atoms. The van der Waals surface area contributed by atoms with Crippen molar-refractivity contribution in [1.29, 1.82) is 0 Å². The molecule has 1 amide bonds. The zero-order valence-corrected chi connectivity index (χ0v) is 15.4. The van der Waals surface area contributed by atoms with Gasteiger partial charge in [0.15, 0.2) is 0 Å². The number of aromatic nitrogens is 2. The van der Waals surface area contributed by atoms with Crippen LogP contribution in [0.4, 0.5) is 0 Å². The third-order valence-electron chi connectivity index (χ3n) is 5.68. The Hall–Kier alpha value is -1.79. The number of hydrogen-bond donors (Lipinski definition) is 0. The Balaban J connectivity index is 1.45.